The van der Waals surface area contributed by atoms with Crippen LogP contribution in [0.5, 0.6) is 17.2 Å². The van der Waals surface area contributed by atoms with Crippen molar-refractivity contribution in [1.82, 2.24) is 5.32 Å². The molecule has 0 bridgehead atoms. The van der Waals surface area contributed by atoms with Gasteiger partial charge in [-0.1, -0.05) is 12.1 Å². The molecule has 1 atom stereocenters. The van der Waals surface area contributed by atoms with Gasteiger partial charge in [-0.05, 0) is 49.0 Å². The van der Waals surface area contributed by atoms with Gasteiger partial charge in [-0.25, -0.2) is 0 Å². The lowest BCUT2D eigenvalue weighted by Gasteiger charge is -2.18. The molecular formula is C17H18N2O3S. The SMILES string of the molecule is COc1ccc([C@H](C)NC(=S)Nc2ccc3c(c2)OCO3)cc1. The molecule has 1 aliphatic rings. The topological polar surface area (TPSA) is 51.8 Å². The molecule has 6 heteroatoms. The van der Waals surface area contributed by atoms with E-state index in [1.807, 2.05) is 42.5 Å². The van der Waals surface area contributed by atoms with Crippen LogP contribution in [0.3, 0.4) is 0 Å². The van der Waals surface area contributed by atoms with E-state index in [0.717, 1.165) is 28.5 Å². The molecule has 0 fully saturated rings. The number of hydrogen-bond acceptors (Lipinski definition) is 4. The minimum absolute atomic E-state index is 0.0786. The number of benzene rings is 2. The molecule has 0 aromatic heterocycles. The van der Waals surface area contributed by atoms with Gasteiger partial charge in [0.15, 0.2) is 16.6 Å². The Bertz CT molecular complexity index is 703. The van der Waals surface area contributed by atoms with Crippen LogP contribution >= 0.6 is 12.2 Å². The molecule has 2 N–H and O–H groups in total. The van der Waals surface area contributed by atoms with Crippen molar-refractivity contribution in [3.63, 3.8) is 0 Å². The highest BCUT2D eigenvalue weighted by Gasteiger charge is 2.14. The molecule has 0 saturated carbocycles. The number of hydrogen-bond donors (Lipinski definition) is 2. The molecular weight excluding hydrogens is 312 g/mol. The smallest absolute Gasteiger partial charge is 0.231 e. The van der Waals surface area contributed by atoms with Gasteiger partial charge in [-0.2, -0.15) is 0 Å². The molecule has 0 aliphatic carbocycles. The standard InChI is InChI=1S/C17H18N2O3S/c1-11(12-3-6-14(20-2)7-4-12)18-17(23)19-13-5-8-15-16(9-13)22-10-21-15/h3-9,11H,10H2,1-2H3,(H2,18,19,23)/t11-/m0/s1. The molecule has 0 spiro atoms. The minimum Gasteiger partial charge on any atom is -0.497 e. The number of rotatable bonds is 4. The van der Waals surface area contributed by atoms with E-state index in [1.54, 1.807) is 7.11 Å². The molecule has 1 heterocycles. The first-order valence-electron chi connectivity index (χ1n) is 7.27. The van der Waals surface area contributed by atoms with Crippen molar-refractivity contribution in [2.24, 2.45) is 0 Å². The minimum atomic E-state index is 0.0786. The van der Waals surface area contributed by atoms with Gasteiger partial charge in [0.2, 0.25) is 6.79 Å². The van der Waals surface area contributed by atoms with Crippen LogP contribution in [0.2, 0.25) is 0 Å². The van der Waals surface area contributed by atoms with Crippen LogP contribution in [0.4, 0.5) is 5.69 Å². The predicted octanol–water partition coefficient (Wildman–Crippen LogP) is 3.47. The van der Waals surface area contributed by atoms with E-state index in [2.05, 4.69) is 17.6 Å². The maximum absolute atomic E-state index is 5.37. The summed E-state index contributed by atoms with van der Waals surface area (Å²) in [6, 6.07) is 13.6. The molecule has 0 radical (unpaired) electrons. The molecule has 1 aliphatic heterocycles. The van der Waals surface area contributed by atoms with Crippen molar-refractivity contribution in [2.45, 2.75) is 13.0 Å². The Morgan fingerprint density at radius 1 is 1.13 bits per heavy atom. The number of thiocarbonyl (C=S) groups is 1. The van der Waals surface area contributed by atoms with Gasteiger partial charge in [-0.3, -0.25) is 0 Å². The van der Waals surface area contributed by atoms with Gasteiger partial charge >= 0.3 is 0 Å². The van der Waals surface area contributed by atoms with E-state index in [-0.39, 0.29) is 12.8 Å². The summed E-state index contributed by atoms with van der Waals surface area (Å²) in [5.74, 6) is 2.31. The molecule has 3 rings (SSSR count). The Morgan fingerprint density at radius 3 is 2.61 bits per heavy atom. The fraction of sp³-hybridized carbons (Fsp3) is 0.235. The summed E-state index contributed by atoms with van der Waals surface area (Å²) in [4.78, 5) is 0. The summed E-state index contributed by atoms with van der Waals surface area (Å²) >= 11 is 5.37. The Balaban J connectivity index is 1.60. The predicted molar refractivity (Wildman–Crippen MR) is 93.3 cm³/mol. The summed E-state index contributed by atoms with van der Waals surface area (Å²) in [5, 5.41) is 6.96. The number of methoxy groups -OCH3 is 1. The van der Waals surface area contributed by atoms with E-state index in [0.29, 0.717) is 5.11 Å². The van der Waals surface area contributed by atoms with Gasteiger partial charge < -0.3 is 24.8 Å². The molecule has 0 saturated heterocycles. The molecule has 2 aromatic carbocycles. The van der Waals surface area contributed by atoms with E-state index in [4.69, 9.17) is 26.4 Å². The number of ether oxygens (including phenoxy) is 3. The Labute approximate surface area is 140 Å². The first kappa shape index (κ1) is 15.4. The van der Waals surface area contributed by atoms with Gasteiger partial charge in [0.1, 0.15) is 5.75 Å². The zero-order valence-corrected chi connectivity index (χ0v) is 13.8. The van der Waals surface area contributed by atoms with Crippen LogP contribution in [-0.2, 0) is 0 Å². The molecule has 120 valence electrons. The van der Waals surface area contributed by atoms with E-state index in [9.17, 15) is 0 Å². The highest BCUT2D eigenvalue weighted by Crippen LogP contribution is 2.34. The highest BCUT2D eigenvalue weighted by atomic mass is 32.1. The lowest BCUT2D eigenvalue weighted by atomic mass is 10.1. The van der Waals surface area contributed by atoms with Crippen molar-refractivity contribution in [3.8, 4) is 17.2 Å². The first-order valence-corrected chi connectivity index (χ1v) is 7.67. The lowest BCUT2D eigenvalue weighted by Crippen LogP contribution is -2.30. The zero-order chi connectivity index (χ0) is 16.2. The third kappa shape index (κ3) is 3.65. The molecule has 23 heavy (non-hydrogen) atoms. The van der Waals surface area contributed by atoms with Crippen LogP contribution in [0.25, 0.3) is 0 Å². The van der Waals surface area contributed by atoms with Crippen molar-refractivity contribution >= 4 is 23.0 Å². The van der Waals surface area contributed by atoms with Crippen molar-refractivity contribution < 1.29 is 14.2 Å². The average molecular weight is 330 g/mol. The fourth-order valence-corrected chi connectivity index (χ4v) is 2.61. The van der Waals surface area contributed by atoms with Crippen molar-refractivity contribution in [2.75, 3.05) is 19.2 Å². The van der Waals surface area contributed by atoms with Gasteiger partial charge in [0, 0.05) is 11.8 Å². The van der Waals surface area contributed by atoms with E-state index < -0.39 is 0 Å². The van der Waals surface area contributed by atoms with Crippen LogP contribution in [0, 0.1) is 0 Å². The van der Waals surface area contributed by atoms with Crippen molar-refractivity contribution in [1.29, 1.82) is 0 Å². The third-order valence-electron chi connectivity index (χ3n) is 3.59. The first-order chi connectivity index (χ1) is 11.2. The maximum Gasteiger partial charge on any atom is 0.231 e. The quantitative estimate of drug-likeness (QED) is 0.837. The average Bonchev–Trinajstić information content (AvgIpc) is 3.02. The second kappa shape index (κ2) is 6.75. The highest BCUT2D eigenvalue weighted by molar-refractivity contribution is 7.80. The summed E-state index contributed by atoms with van der Waals surface area (Å²) in [7, 11) is 1.65. The second-order valence-corrected chi connectivity index (χ2v) is 5.57. The van der Waals surface area contributed by atoms with Gasteiger partial charge in [-0.15, -0.1) is 0 Å². The Kier molecular flexibility index (Phi) is 4.52. The molecule has 5 nitrogen and oxygen atoms in total. The van der Waals surface area contributed by atoms with Crippen LogP contribution in [-0.4, -0.2) is 19.0 Å². The number of fused-ring (bicyclic) bond motifs is 1. The number of anilines is 1. The molecule has 0 unspecified atom stereocenters. The zero-order valence-electron chi connectivity index (χ0n) is 13.0. The maximum atomic E-state index is 5.37. The van der Waals surface area contributed by atoms with Crippen LogP contribution < -0.4 is 24.8 Å². The van der Waals surface area contributed by atoms with Crippen LogP contribution in [0.15, 0.2) is 42.5 Å². The normalized spacial score (nSPS) is 13.3. The Hall–Kier alpha value is -2.47. The molecule has 0 amide bonds. The van der Waals surface area contributed by atoms with Gasteiger partial charge in [0.05, 0.1) is 13.2 Å². The summed E-state index contributed by atoms with van der Waals surface area (Å²) in [6.07, 6.45) is 0. The monoisotopic (exact) mass is 330 g/mol. The summed E-state index contributed by atoms with van der Waals surface area (Å²) in [6.45, 7) is 2.31. The van der Waals surface area contributed by atoms with E-state index >= 15 is 0 Å². The largest absolute Gasteiger partial charge is 0.497 e. The third-order valence-corrected chi connectivity index (χ3v) is 3.81. The summed E-state index contributed by atoms with van der Waals surface area (Å²) in [5.41, 5.74) is 1.98. The lowest BCUT2D eigenvalue weighted by molar-refractivity contribution is 0.174. The van der Waals surface area contributed by atoms with Gasteiger partial charge in [0.25, 0.3) is 0 Å². The van der Waals surface area contributed by atoms with Crippen LogP contribution in [0.1, 0.15) is 18.5 Å². The molecule has 2 aromatic rings. The van der Waals surface area contributed by atoms with Crippen molar-refractivity contribution in [3.05, 3.63) is 48.0 Å². The number of nitrogens with one attached hydrogen (secondary N) is 2. The van der Waals surface area contributed by atoms with E-state index in [1.165, 1.54) is 0 Å². The fourth-order valence-electron chi connectivity index (χ4n) is 2.31. The summed E-state index contributed by atoms with van der Waals surface area (Å²) < 4.78 is 15.8. The Morgan fingerprint density at radius 2 is 1.87 bits per heavy atom. The second-order valence-electron chi connectivity index (χ2n) is 5.16.